The first-order valence-corrected chi connectivity index (χ1v) is 5.55. The summed E-state index contributed by atoms with van der Waals surface area (Å²) in [5.74, 6) is 0. The molecule has 2 heteroatoms. The van der Waals surface area contributed by atoms with Gasteiger partial charge in [-0.15, -0.1) is 0 Å². The van der Waals surface area contributed by atoms with Gasteiger partial charge in [0, 0.05) is 18.2 Å². The standard InChI is InChI=1S/C12H20N2/c1-12(2,3)11-9-7-5-6-8-10(9)13-14(11)4/h5-8H2,1-4H3. The van der Waals surface area contributed by atoms with Gasteiger partial charge >= 0.3 is 0 Å². The molecule has 1 aliphatic carbocycles. The van der Waals surface area contributed by atoms with E-state index in [1.54, 1.807) is 0 Å². The van der Waals surface area contributed by atoms with Crippen LogP contribution in [0.25, 0.3) is 0 Å². The van der Waals surface area contributed by atoms with Gasteiger partial charge in [-0.25, -0.2) is 0 Å². The molecule has 0 spiro atoms. The Hall–Kier alpha value is -0.790. The number of aryl methyl sites for hydroxylation is 2. The maximum absolute atomic E-state index is 4.63. The zero-order valence-corrected chi connectivity index (χ0v) is 9.72. The van der Waals surface area contributed by atoms with E-state index < -0.39 is 0 Å². The largest absolute Gasteiger partial charge is 0.272 e. The van der Waals surface area contributed by atoms with E-state index >= 15 is 0 Å². The maximum atomic E-state index is 4.63. The maximum Gasteiger partial charge on any atom is 0.0659 e. The first kappa shape index (κ1) is 9.75. The van der Waals surface area contributed by atoms with Crippen molar-refractivity contribution in [2.24, 2.45) is 7.05 Å². The topological polar surface area (TPSA) is 17.8 Å². The third-order valence-electron chi connectivity index (χ3n) is 3.03. The van der Waals surface area contributed by atoms with E-state index in [0.717, 1.165) is 0 Å². The summed E-state index contributed by atoms with van der Waals surface area (Å²) in [5.41, 5.74) is 4.55. The second kappa shape index (κ2) is 3.11. The molecule has 0 saturated carbocycles. The number of nitrogens with zero attached hydrogens (tertiary/aromatic N) is 2. The molecule has 0 saturated heterocycles. The van der Waals surface area contributed by atoms with Crippen LogP contribution in [-0.4, -0.2) is 9.78 Å². The van der Waals surface area contributed by atoms with Crippen LogP contribution in [0, 0.1) is 0 Å². The van der Waals surface area contributed by atoms with Crippen molar-refractivity contribution in [1.29, 1.82) is 0 Å². The Bertz CT molecular complexity index is 342. The van der Waals surface area contributed by atoms with Crippen LogP contribution >= 0.6 is 0 Å². The van der Waals surface area contributed by atoms with Gasteiger partial charge in [0.15, 0.2) is 0 Å². The quantitative estimate of drug-likeness (QED) is 0.618. The van der Waals surface area contributed by atoms with E-state index in [4.69, 9.17) is 0 Å². The molecule has 0 amide bonds. The summed E-state index contributed by atoms with van der Waals surface area (Å²) in [4.78, 5) is 0. The molecule has 0 unspecified atom stereocenters. The van der Waals surface area contributed by atoms with Crippen molar-refractivity contribution in [3.05, 3.63) is 17.0 Å². The van der Waals surface area contributed by atoms with Gasteiger partial charge < -0.3 is 0 Å². The van der Waals surface area contributed by atoms with Crippen LogP contribution in [-0.2, 0) is 25.3 Å². The molecule has 1 aromatic rings. The van der Waals surface area contributed by atoms with Crippen molar-refractivity contribution in [2.45, 2.75) is 51.9 Å². The SMILES string of the molecule is Cn1nc2c(c1C(C)(C)C)CCCC2. The van der Waals surface area contributed by atoms with Crippen molar-refractivity contribution < 1.29 is 0 Å². The van der Waals surface area contributed by atoms with E-state index in [1.807, 2.05) is 0 Å². The first-order chi connectivity index (χ1) is 6.50. The van der Waals surface area contributed by atoms with Crippen molar-refractivity contribution in [3.8, 4) is 0 Å². The Kier molecular flexibility index (Phi) is 2.17. The summed E-state index contributed by atoms with van der Waals surface area (Å²) in [5, 5.41) is 4.63. The van der Waals surface area contributed by atoms with Gasteiger partial charge in [0.05, 0.1) is 5.69 Å². The van der Waals surface area contributed by atoms with E-state index in [2.05, 4.69) is 37.6 Å². The van der Waals surface area contributed by atoms with Crippen LogP contribution in [0.4, 0.5) is 0 Å². The van der Waals surface area contributed by atoms with Crippen molar-refractivity contribution in [2.75, 3.05) is 0 Å². The zero-order valence-electron chi connectivity index (χ0n) is 9.72. The molecule has 0 N–H and O–H groups in total. The average Bonchev–Trinajstić information content (AvgIpc) is 2.38. The Morgan fingerprint density at radius 1 is 1.14 bits per heavy atom. The summed E-state index contributed by atoms with van der Waals surface area (Å²) in [6.07, 6.45) is 5.06. The molecule has 0 radical (unpaired) electrons. The highest BCUT2D eigenvalue weighted by molar-refractivity contribution is 5.33. The summed E-state index contributed by atoms with van der Waals surface area (Å²) in [6.45, 7) is 6.83. The average molecular weight is 192 g/mol. The Balaban J connectivity index is 2.53. The molecule has 78 valence electrons. The summed E-state index contributed by atoms with van der Waals surface area (Å²) in [6, 6.07) is 0. The lowest BCUT2D eigenvalue weighted by Gasteiger charge is -2.22. The molecule has 1 aliphatic rings. The predicted octanol–water partition coefficient (Wildman–Crippen LogP) is 2.60. The van der Waals surface area contributed by atoms with Gasteiger partial charge in [0.2, 0.25) is 0 Å². The van der Waals surface area contributed by atoms with Gasteiger partial charge in [0.25, 0.3) is 0 Å². The normalized spacial score (nSPS) is 16.9. The highest BCUT2D eigenvalue weighted by Gasteiger charge is 2.26. The molecule has 2 rings (SSSR count). The van der Waals surface area contributed by atoms with E-state index in [1.165, 1.54) is 42.6 Å². The lowest BCUT2D eigenvalue weighted by Crippen LogP contribution is -2.19. The van der Waals surface area contributed by atoms with Crippen molar-refractivity contribution in [3.63, 3.8) is 0 Å². The second-order valence-electron chi connectivity index (χ2n) is 5.35. The Morgan fingerprint density at radius 2 is 1.79 bits per heavy atom. The van der Waals surface area contributed by atoms with Gasteiger partial charge in [-0.2, -0.15) is 5.10 Å². The highest BCUT2D eigenvalue weighted by Crippen LogP contribution is 2.31. The third kappa shape index (κ3) is 1.47. The minimum Gasteiger partial charge on any atom is -0.272 e. The third-order valence-corrected chi connectivity index (χ3v) is 3.03. The Morgan fingerprint density at radius 3 is 2.43 bits per heavy atom. The van der Waals surface area contributed by atoms with E-state index in [9.17, 15) is 0 Å². The number of hydrogen-bond donors (Lipinski definition) is 0. The molecular formula is C12H20N2. The fourth-order valence-corrected chi connectivity index (χ4v) is 2.62. The number of rotatable bonds is 0. The van der Waals surface area contributed by atoms with Gasteiger partial charge in [-0.3, -0.25) is 4.68 Å². The molecule has 0 aliphatic heterocycles. The zero-order chi connectivity index (χ0) is 10.3. The summed E-state index contributed by atoms with van der Waals surface area (Å²) < 4.78 is 2.09. The molecule has 1 heterocycles. The minimum atomic E-state index is 0.229. The Labute approximate surface area is 86.3 Å². The number of aromatic nitrogens is 2. The molecule has 0 fully saturated rings. The number of hydrogen-bond acceptors (Lipinski definition) is 1. The molecule has 0 bridgehead atoms. The van der Waals surface area contributed by atoms with Gasteiger partial charge in [-0.1, -0.05) is 20.8 Å². The molecule has 2 nitrogen and oxygen atoms in total. The molecule has 14 heavy (non-hydrogen) atoms. The van der Waals surface area contributed by atoms with Crippen LogP contribution in [0.5, 0.6) is 0 Å². The molecule has 0 aromatic carbocycles. The van der Waals surface area contributed by atoms with Crippen molar-refractivity contribution >= 4 is 0 Å². The fourth-order valence-electron chi connectivity index (χ4n) is 2.62. The number of fused-ring (bicyclic) bond motifs is 1. The molecule has 0 atom stereocenters. The van der Waals surface area contributed by atoms with Crippen LogP contribution in [0.1, 0.15) is 50.6 Å². The van der Waals surface area contributed by atoms with Gasteiger partial charge in [0.1, 0.15) is 0 Å². The van der Waals surface area contributed by atoms with E-state index in [-0.39, 0.29) is 5.41 Å². The minimum absolute atomic E-state index is 0.229. The lowest BCUT2D eigenvalue weighted by molar-refractivity contribution is 0.517. The van der Waals surface area contributed by atoms with Crippen molar-refractivity contribution in [1.82, 2.24) is 9.78 Å². The van der Waals surface area contributed by atoms with E-state index in [0.29, 0.717) is 0 Å². The van der Waals surface area contributed by atoms with Crippen LogP contribution in [0.2, 0.25) is 0 Å². The van der Waals surface area contributed by atoms with Crippen LogP contribution in [0.15, 0.2) is 0 Å². The van der Waals surface area contributed by atoms with Gasteiger partial charge in [-0.05, 0) is 31.2 Å². The predicted molar refractivity (Wildman–Crippen MR) is 58.6 cm³/mol. The summed E-state index contributed by atoms with van der Waals surface area (Å²) >= 11 is 0. The van der Waals surface area contributed by atoms with Crippen LogP contribution < -0.4 is 0 Å². The molecular weight excluding hydrogens is 172 g/mol. The lowest BCUT2D eigenvalue weighted by atomic mass is 9.84. The fraction of sp³-hybridized carbons (Fsp3) is 0.750. The second-order valence-corrected chi connectivity index (χ2v) is 5.35. The summed E-state index contributed by atoms with van der Waals surface area (Å²) in [7, 11) is 2.08. The highest BCUT2D eigenvalue weighted by atomic mass is 15.3. The molecule has 1 aromatic heterocycles. The smallest absolute Gasteiger partial charge is 0.0659 e. The monoisotopic (exact) mass is 192 g/mol. The van der Waals surface area contributed by atoms with Crippen LogP contribution in [0.3, 0.4) is 0 Å². The first-order valence-electron chi connectivity index (χ1n) is 5.55.